The third-order valence-electron chi connectivity index (χ3n) is 15.4. The Hall–Kier alpha value is -1.70. The van der Waals surface area contributed by atoms with Gasteiger partial charge in [0.2, 0.25) is 0 Å². The highest BCUT2D eigenvalue weighted by Crippen LogP contribution is 2.50. The first-order valence-electron chi connectivity index (χ1n) is 23.4. The first-order chi connectivity index (χ1) is 26.8. The van der Waals surface area contributed by atoms with Gasteiger partial charge in [-0.2, -0.15) is 0 Å². The Bertz CT molecular complexity index is 1600. The lowest BCUT2D eigenvalue weighted by Crippen LogP contribution is -2.22. The van der Waals surface area contributed by atoms with Gasteiger partial charge < -0.3 is 4.13 Å². The second-order valence-electron chi connectivity index (χ2n) is 19.1. The summed E-state index contributed by atoms with van der Waals surface area (Å²) in [6.45, 7) is 0. The second kappa shape index (κ2) is 18.1. The van der Waals surface area contributed by atoms with Gasteiger partial charge in [0.15, 0.2) is 0 Å². The molecule has 0 N–H and O–H groups in total. The minimum absolute atomic E-state index is 0.132. The Labute approximate surface area is 335 Å². The lowest BCUT2D eigenvalue weighted by atomic mass is 9.76. The third kappa shape index (κ3) is 9.14. The van der Waals surface area contributed by atoms with Crippen LogP contribution in [-0.2, 0) is 20.0 Å². The molecule has 5 nitrogen and oxygen atoms in total. The van der Waals surface area contributed by atoms with Crippen molar-refractivity contribution in [1.29, 1.82) is 0 Å². The number of nitrogens with zero attached hydrogens (tertiary/aromatic N) is 1. The molecular formula is C48H70NO4S2-. The fourth-order valence-corrected chi connectivity index (χ4v) is 16.1. The lowest BCUT2D eigenvalue weighted by Gasteiger charge is -2.36. The van der Waals surface area contributed by atoms with E-state index in [9.17, 15) is 0 Å². The maximum absolute atomic E-state index is 15.4. The molecule has 0 heterocycles. The first kappa shape index (κ1) is 40.1. The molecule has 8 rings (SSSR count). The van der Waals surface area contributed by atoms with E-state index >= 15 is 16.8 Å². The normalized spacial score (nSPS) is 24.3. The van der Waals surface area contributed by atoms with Crippen LogP contribution in [0.25, 0.3) is 4.13 Å². The van der Waals surface area contributed by atoms with Crippen molar-refractivity contribution >= 4 is 20.0 Å². The van der Waals surface area contributed by atoms with Crippen LogP contribution in [0.1, 0.15) is 262 Å². The van der Waals surface area contributed by atoms with Crippen molar-refractivity contribution in [2.75, 3.05) is 0 Å². The molecule has 6 saturated carbocycles. The number of benzene rings is 2. The molecule has 304 valence electrons. The molecule has 0 aliphatic heterocycles. The van der Waals surface area contributed by atoms with Gasteiger partial charge in [0, 0.05) is 0 Å². The number of rotatable bonds is 10. The molecule has 6 fully saturated rings. The Morgan fingerprint density at radius 3 is 0.727 bits per heavy atom. The van der Waals surface area contributed by atoms with Gasteiger partial charge in [0.25, 0.3) is 0 Å². The molecule has 2 aromatic carbocycles. The fraction of sp³-hybridized carbons (Fsp3) is 0.750. The van der Waals surface area contributed by atoms with Gasteiger partial charge in [-0.15, -0.1) is 0 Å². The van der Waals surface area contributed by atoms with Crippen LogP contribution in [0.5, 0.6) is 0 Å². The molecule has 0 aromatic heterocycles. The maximum atomic E-state index is 15.4. The van der Waals surface area contributed by atoms with Gasteiger partial charge in [-0.25, -0.2) is 16.8 Å². The highest BCUT2D eigenvalue weighted by molar-refractivity contribution is 8.12. The van der Waals surface area contributed by atoms with E-state index in [2.05, 4.69) is 28.4 Å². The van der Waals surface area contributed by atoms with Gasteiger partial charge in [-0.1, -0.05) is 140 Å². The van der Waals surface area contributed by atoms with Gasteiger partial charge in [-0.3, -0.25) is 0 Å². The minimum Gasteiger partial charge on any atom is -0.428 e. The van der Waals surface area contributed by atoms with Crippen LogP contribution in [0.4, 0.5) is 0 Å². The average molecular weight is 789 g/mol. The van der Waals surface area contributed by atoms with Gasteiger partial charge >= 0.3 is 0 Å². The maximum Gasteiger partial charge on any atom is 0.113 e. The first-order valence-corrected chi connectivity index (χ1v) is 26.3. The van der Waals surface area contributed by atoms with Crippen LogP contribution in [0.15, 0.2) is 34.1 Å². The molecule has 0 bridgehead atoms. The zero-order valence-electron chi connectivity index (χ0n) is 33.9. The molecule has 6 aliphatic rings. The Kier molecular flexibility index (Phi) is 13.2. The quantitative estimate of drug-likeness (QED) is 0.240. The van der Waals surface area contributed by atoms with E-state index in [1.807, 2.05) is 0 Å². The van der Waals surface area contributed by atoms with Crippen molar-refractivity contribution in [3.05, 3.63) is 61.8 Å². The van der Waals surface area contributed by atoms with Crippen molar-refractivity contribution in [3.63, 3.8) is 0 Å². The van der Waals surface area contributed by atoms with E-state index in [1.165, 1.54) is 75.3 Å². The molecule has 6 aliphatic carbocycles. The van der Waals surface area contributed by atoms with E-state index in [0.717, 1.165) is 151 Å². The minimum atomic E-state index is -4.56. The Balaban J connectivity index is 1.27. The highest BCUT2D eigenvalue weighted by atomic mass is 32.3. The lowest BCUT2D eigenvalue weighted by molar-refractivity contribution is 0.419. The summed E-state index contributed by atoms with van der Waals surface area (Å²) in [4.78, 5) is 0.568. The monoisotopic (exact) mass is 788 g/mol. The van der Waals surface area contributed by atoms with Crippen molar-refractivity contribution in [1.82, 2.24) is 0 Å². The molecule has 55 heavy (non-hydrogen) atoms. The summed E-state index contributed by atoms with van der Waals surface area (Å²) in [6, 6.07) is 8.97. The Morgan fingerprint density at radius 1 is 0.309 bits per heavy atom. The van der Waals surface area contributed by atoms with Crippen molar-refractivity contribution < 1.29 is 16.8 Å². The topological polar surface area (TPSA) is 82.4 Å². The number of hydrogen-bond acceptors (Lipinski definition) is 4. The SMILES string of the molecule is O=S(=O)([N-]S(=O)(=O)c1c(C2CCCCC2)cc(C2CCCCC2)cc1C1CCCCC1)c1c(C2CCCCC2)cc(C2CCCCC2)cc1C1CCCCC1. The largest absolute Gasteiger partial charge is 0.428 e. The molecule has 2 aromatic rings. The standard InChI is InChI=1S/C48H70NO4S2/c50-54(51,47-43(37-23-11-3-12-24-37)31-41(35-19-7-1-8-20-35)32-44(47)38-25-13-4-14-26-38)49-55(52,53)48-45(39-27-15-5-16-28-39)33-42(36-21-9-2-10-22-36)34-46(48)40-29-17-6-18-30-40/h31-40H,1-30H2/q-1. The van der Waals surface area contributed by atoms with E-state index in [0.29, 0.717) is 11.8 Å². The summed E-state index contributed by atoms with van der Waals surface area (Å²) < 4.78 is 65.8. The van der Waals surface area contributed by atoms with E-state index < -0.39 is 20.0 Å². The van der Waals surface area contributed by atoms with Crippen LogP contribution in [0, 0.1) is 0 Å². The number of hydrogen-bond donors (Lipinski definition) is 0. The summed E-state index contributed by atoms with van der Waals surface area (Å²) in [7, 11) is -9.12. The molecule has 0 radical (unpaired) electrons. The van der Waals surface area contributed by atoms with Crippen LogP contribution >= 0.6 is 0 Å². The summed E-state index contributed by atoms with van der Waals surface area (Å²) in [5, 5.41) is 0. The zero-order valence-corrected chi connectivity index (χ0v) is 35.5. The van der Waals surface area contributed by atoms with Gasteiger partial charge in [0.05, 0.1) is 9.79 Å². The zero-order chi connectivity index (χ0) is 37.8. The van der Waals surface area contributed by atoms with Gasteiger partial charge in [-0.05, 0) is 146 Å². The molecule has 0 atom stereocenters. The third-order valence-corrected chi connectivity index (χ3v) is 18.9. The van der Waals surface area contributed by atoms with Gasteiger partial charge in [0.1, 0.15) is 20.0 Å². The van der Waals surface area contributed by atoms with E-state index in [-0.39, 0.29) is 33.5 Å². The molecule has 0 spiro atoms. The molecular weight excluding hydrogens is 719 g/mol. The summed E-state index contributed by atoms with van der Waals surface area (Å²) in [5.41, 5.74) is 6.20. The second-order valence-corrected chi connectivity index (χ2v) is 22.4. The summed E-state index contributed by atoms with van der Waals surface area (Å²) in [6.07, 6.45) is 33.3. The summed E-state index contributed by atoms with van der Waals surface area (Å²) >= 11 is 0. The van der Waals surface area contributed by atoms with Crippen molar-refractivity contribution in [2.24, 2.45) is 0 Å². The average Bonchev–Trinajstić information content (AvgIpc) is 3.24. The predicted octanol–water partition coefficient (Wildman–Crippen LogP) is 14.4. The van der Waals surface area contributed by atoms with E-state index in [4.69, 9.17) is 0 Å². The van der Waals surface area contributed by atoms with Crippen LogP contribution < -0.4 is 0 Å². The predicted molar refractivity (Wildman–Crippen MR) is 226 cm³/mol. The molecule has 0 unspecified atom stereocenters. The smallest absolute Gasteiger partial charge is 0.113 e. The fourth-order valence-electron chi connectivity index (χ4n) is 12.4. The highest BCUT2D eigenvalue weighted by Gasteiger charge is 2.35. The summed E-state index contributed by atoms with van der Waals surface area (Å²) in [5.74, 6) is 1.44. The number of sulfonamides is 2. The van der Waals surface area contributed by atoms with Crippen LogP contribution in [-0.4, -0.2) is 16.8 Å². The van der Waals surface area contributed by atoms with Crippen LogP contribution in [0.2, 0.25) is 0 Å². The van der Waals surface area contributed by atoms with E-state index in [1.54, 1.807) is 0 Å². The molecule has 0 amide bonds. The van der Waals surface area contributed by atoms with Crippen LogP contribution in [0.3, 0.4) is 0 Å². The van der Waals surface area contributed by atoms with Crippen molar-refractivity contribution in [3.8, 4) is 0 Å². The molecule has 0 saturated heterocycles. The van der Waals surface area contributed by atoms with Crippen molar-refractivity contribution in [2.45, 2.75) is 238 Å². The Morgan fingerprint density at radius 2 is 0.509 bits per heavy atom. The molecule has 7 heteroatoms.